The number of ether oxygens (including phenoxy) is 1. The predicted molar refractivity (Wildman–Crippen MR) is 116 cm³/mol. The molecule has 0 bridgehead atoms. The summed E-state index contributed by atoms with van der Waals surface area (Å²) in [6, 6.07) is 6.96. The monoisotopic (exact) mass is 495 g/mol. The first-order chi connectivity index (χ1) is 11.9. The Morgan fingerprint density at radius 1 is 1.19 bits per heavy atom. The van der Waals surface area contributed by atoms with Gasteiger partial charge in [-0.3, -0.25) is 4.99 Å². The summed E-state index contributed by atoms with van der Waals surface area (Å²) in [5.74, 6) is 2.28. The number of hydrogen-bond donors (Lipinski definition) is 2. The third kappa shape index (κ3) is 7.69. The summed E-state index contributed by atoms with van der Waals surface area (Å²) >= 11 is 0. The third-order valence-corrected chi connectivity index (χ3v) is 5.62. The van der Waals surface area contributed by atoms with Crippen LogP contribution in [0.15, 0.2) is 34.2 Å². The maximum Gasteiger partial charge on any atom is 0.191 e. The molecule has 6 nitrogen and oxygen atoms in total. The van der Waals surface area contributed by atoms with Gasteiger partial charge in [0.2, 0.25) is 0 Å². The quantitative estimate of drug-likeness (QED) is 0.275. The average molecular weight is 495 g/mol. The van der Waals surface area contributed by atoms with Crippen LogP contribution in [0.1, 0.15) is 32.6 Å². The van der Waals surface area contributed by atoms with Gasteiger partial charge < -0.3 is 15.4 Å². The zero-order valence-corrected chi connectivity index (χ0v) is 18.8. The fraction of sp³-hybridized carbons (Fsp3) is 0.611. The Balaban J connectivity index is 0.00000338. The lowest BCUT2D eigenvalue weighted by Crippen LogP contribution is -2.45. The van der Waals surface area contributed by atoms with E-state index in [0.29, 0.717) is 29.8 Å². The topological polar surface area (TPSA) is 79.8 Å². The van der Waals surface area contributed by atoms with E-state index in [-0.39, 0.29) is 24.0 Å². The van der Waals surface area contributed by atoms with Crippen molar-refractivity contribution in [1.29, 1.82) is 0 Å². The third-order valence-electron chi connectivity index (χ3n) is 4.50. The van der Waals surface area contributed by atoms with E-state index in [9.17, 15) is 8.42 Å². The van der Waals surface area contributed by atoms with Crippen LogP contribution in [-0.4, -0.2) is 46.9 Å². The number of sulfone groups is 1. The molecule has 0 atom stereocenters. The van der Waals surface area contributed by atoms with Crippen LogP contribution < -0.4 is 15.4 Å². The number of nitrogens with one attached hydrogen (secondary N) is 2. The van der Waals surface area contributed by atoms with E-state index in [2.05, 4.69) is 22.5 Å². The van der Waals surface area contributed by atoms with E-state index in [1.807, 2.05) is 0 Å². The summed E-state index contributed by atoms with van der Waals surface area (Å²) in [6.07, 6.45) is 6.09. The average Bonchev–Trinajstić information content (AvgIpc) is 2.59. The van der Waals surface area contributed by atoms with E-state index in [1.54, 1.807) is 31.3 Å². The lowest BCUT2D eigenvalue weighted by molar-refractivity contribution is 0.316. The van der Waals surface area contributed by atoms with Gasteiger partial charge in [-0.1, -0.05) is 6.92 Å². The minimum absolute atomic E-state index is 0. The standard InChI is InChI=1S/C18H29N3O3S.HI/c1-14-4-6-15(7-5-14)21-18(19-2)20-12-13-24-16-8-10-17(11-9-16)25(3,22)23;/h8-11,14-15H,4-7,12-13H2,1-3H3,(H2,19,20,21);1H. The van der Waals surface area contributed by atoms with Gasteiger partial charge in [0, 0.05) is 19.3 Å². The highest BCUT2D eigenvalue weighted by Crippen LogP contribution is 2.23. The molecule has 0 saturated heterocycles. The minimum atomic E-state index is -3.17. The first-order valence-corrected chi connectivity index (χ1v) is 10.7. The van der Waals surface area contributed by atoms with Crippen LogP contribution in [0, 0.1) is 5.92 Å². The Labute approximate surface area is 174 Å². The van der Waals surface area contributed by atoms with Gasteiger partial charge in [0.25, 0.3) is 0 Å². The van der Waals surface area contributed by atoms with Crippen molar-refractivity contribution in [2.24, 2.45) is 10.9 Å². The van der Waals surface area contributed by atoms with Gasteiger partial charge in [-0.15, -0.1) is 24.0 Å². The Hall–Kier alpha value is -1.03. The number of halogens is 1. The smallest absolute Gasteiger partial charge is 0.191 e. The van der Waals surface area contributed by atoms with Crippen LogP contribution in [0.25, 0.3) is 0 Å². The van der Waals surface area contributed by atoms with E-state index in [4.69, 9.17) is 4.74 Å². The van der Waals surface area contributed by atoms with Gasteiger partial charge in [0.05, 0.1) is 11.4 Å². The summed E-state index contributed by atoms with van der Waals surface area (Å²) in [6.45, 7) is 3.40. The van der Waals surface area contributed by atoms with Crippen molar-refractivity contribution in [2.45, 2.75) is 43.5 Å². The number of guanidine groups is 1. The molecule has 0 aromatic heterocycles. The first-order valence-electron chi connectivity index (χ1n) is 8.78. The predicted octanol–water partition coefficient (Wildman–Crippen LogP) is 2.83. The molecule has 1 saturated carbocycles. The van der Waals surface area contributed by atoms with Crippen LogP contribution in [0.3, 0.4) is 0 Å². The van der Waals surface area contributed by atoms with Crippen LogP contribution >= 0.6 is 24.0 Å². The van der Waals surface area contributed by atoms with Crippen molar-refractivity contribution < 1.29 is 13.2 Å². The molecule has 148 valence electrons. The van der Waals surface area contributed by atoms with Crippen molar-refractivity contribution >= 4 is 39.8 Å². The SMILES string of the molecule is CN=C(NCCOc1ccc(S(C)(=O)=O)cc1)NC1CCC(C)CC1.I. The molecule has 0 heterocycles. The van der Waals surface area contributed by atoms with E-state index >= 15 is 0 Å². The van der Waals surface area contributed by atoms with Crippen molar-refractivity contribution in [3.05, 3.63) is 24.3 Å². The molecule has 1 fully saturated rings. The number of nitrogens with zero attached hydrogens (tertiary/aromatic N) is 1. The molecule has 0 radical (unpaired) electrons. The molecule has 8 heteroatoms. The zero-order valence-electron chi connectivity index (χ0n) is 15.7. The fourth-order valence-corrected chi connectivity index (χ4v) is 3.54. The summed E-state index contributed by atoms with van der Waals surface area (Å²) < 4.78 is 28.5. The summed E-state index contributed by atoms with van der Waals surface area (Å²) in [4.78, 5) is 4.55. The molecule has 1 aromatic carbocycles. The second-order valence-corrected chi connectivity index (χ2v) is 8.71. The highest BCUT2D eigenvalue weighted by atomic mass is 127. The largest absolute Gasteiger partial charge is 0.492 e. The number of benzene rings is 1. The highest BCUT2D eigenvalue weighted by molar-refractivity contribution is 14.0. The van der Waals surface area contributed by atoms with Crippen molar-refractivity contribution in [1.82, 2.24) is 10.6 Å². The van der Waals surface area contributed by atoms with E-state index in [0.717, 1.165) is 11.9 Å². The summed E-state index contributed by atoms with van der Waals surface area (Å²) in [5, 5.41) is 6.72. The second-order valence-electron chi connectivity index (χ2n) is 6.69. The minimum Gasteiger partial charge on any atom is -0.492 e. The Morgan fingerprint density at radius 3 is 2.35 bits per heavy atom. The molecule has 0 spiro atoms. The van der Waals surface area contributed by atoms with E-state index in [1.165, 1.54) is 31.9 Å². The molecule has 0 aliphatic heterocycles. The van der Waals surface area contributed by atoms with Gasteiger partial charge >= 0.3 is 0 Å². The van der Waals surface area contributed by atoms with Gasteiger partial charge in [-0.05, 0) is 55.9 Å². The maximum absolute atomic E-state index is 11.4. The number of hydrogen-bond acceptors (Lipinski definition) is 4. The molecule has 1 aliphatic rings. The van der Waals surface area contributed by atoms with Gasteiger partial charge in [0.15, 0.2) is 15.8 Å². The molecule has 2 N–H and O–H groups in total. The normalized spacial score (nSPS) is 20.8. The Kier molecular flexibility index (Phi) is 9.70. The first kappa shape index (κ1) is 23.0. The number of aliphatic imine (C=N–C) groups is 1. The molecule has 0 unspecified atom stereocenters. The van der Waals surface area contributed by atoms with E-state index < -0.39 is 9.84 Å². The zero-order chi connectivity index (χ0) is 18.3. The van der Waals surface area contributed by atoms with Gasteiger partial charge in [0.1, 0.15) is 12.4 Å². The van der Waals surface area contributed by atoms with Crippen LogP contribution in [0.5, 0.6) is 5.75 Å². The Morgan fingerprint density at radius 2 is 1.81 bits per heavy atom. The lowest BCUT2D eigenvalue weighted by atomic mass is 9.87. The van der Waals surface area contributed by atoms with Crippen LogP contribution in [0.2, 0.25) is 0 Å². The van der Waals surface area contributed by atoms with Gasteiger partial charge in [-0.2, -0.15) is 0 Å². The molecule has 1 aliphatic carbocycles. The molecule has 0 amide bonds. The van der Waals surface area contributed by atoms with Crippen LogP contribution in [-0.2, 0) is 9.84 Å². The lowest BCUT2D eigenvalue weighted by Gasteiger charge is -2.28. The van der Waals surface area contributed by atoms with Crippen LogP contribution in [0.4, 0.5) is 0 Å². The summed E-state index contributed by atoms with van der Waals surface area (Å²) in [5.41, 5.74) is 0. The molecular formula is C18H30IN3O3S. The van der Waals surface area contributed by atoms with Crippen molar-refractivity contribution in [3.8, 4) is 5.75 Å². The maximum atomic E-state index is 11.4. The van der Waals surface area contributed by atoms with Crippen molar-refractivity contribution in [3.63, 3.8) is 0 Å². The Bertz CT molecular complexity index is 669. The summed E-state index contributed by atoms with van der Waals surface area (Å²) in [7, 11) is -1.40. The second kappa shape index (κ2) is 11.0. The molecule has 2 rings (SSSR count). The highest BCUT2D eigenvalue weighted by Gasteiger charge is 2.18. The molecular weight excluding hydrogens is 465 g/mol. The fourth-order valence-electron chi connectivity index (χ4n) is 2.91. The molecule has 1 aromatic rings. The molecule has 26 heavy (non-hydrogen) atoms. The van der Waals surface area contributed by atoms with Gasteiger partial charge in [-0.25, -0.2) is 8.42 Å². The number of rotatable bonds is 6. The van der Waals surface area contributed by atoms with Crippen molar-refractivity contribution in [2.75, 3.05) is 26.5 Å².